The van der Waals surface area contributed by atoms with Gasteiger partial charge in [-0.05, 0) is 37.8 Å². The fourth-order valence-electron chi connectivity index (χ4n) is 4.87. The first kappa shape index (κ1) is 22.8. The molecule has 0 radical (unpaired) electrons. The van der Waals surface area contributed by atoms with Crippen molar-refractivity contribution in [3.63, 3.8) is 0 Å². The summed E-state index contributed by atoms with van der Waals surface area (Å²) < 4.78 is 27.7. The smallest absolute Gasteiger partial charge is 0.340 e. The molecule has 4 aromatic rings. The predicted molar refractivity (Wildman–Crippen MR) is 132 cm³/mol. The molecule has 8 heteroatoms. The Bertz CT molecular complexity index is 1490. The summed E-state index contributed by atoms with van der Waals surface area (Å²) >= 11 is 0. The van der Waals surface area contributed by atoms with E-state index in [0.717, 1.165) is 53.4 Å². The zero-order valence-corrected chi connectivity index (χ0v) is 20.2. The summed E-state index contributed by atoms with van der Waals surface area (Å²) in [6.45, 7) is 1.85. The number of amides is 1. The fraction of sp³-hybridized carbons (Fsp3) is 0.333. The quantitative estimate of drug-likeness (QED) is 0.393. The van der Waals surface area contributed by atoms with Gasteiger partial charge in [0.2, 0.25) is 11.7 Å². The van der Waals surface area contributed by atoms with Crippen LogP contribution < -0.4 is 25.2 Å². The van der Waals surface area contributed by atoms with Crippen molar-refractivity contribution in [3.8, 4) is 17.2 Å². The molecule has 2 aromatic carbocycles. The van der Waals surface area contributed by atoms with Crippen molar-refractivity contribution in [2.24, 2.45) is 0 Å². The predicted octanol–water partition coefficient (Wildman–Crippen LogP) is 4.93. The van der Waals surface area contributed by atoms with E-state index in [1.807, 2.05) is 13.0 Å². The molecule has 0 saturated carbocycles. The summed E-state index contributed by atoms with van der Waals surface area (Å²) in [6.07, 6.45) is 4.02. The average molecular weight is 478 g/mol. The van der Waals surface area contributed by atoms with E-state index in [0.29, 0.717) is 34.1 Å². The van der Waals surface area contributed by atoms with Crippen LogP contribution >= 0.6 is 0 Å². The Kier molecular flexibility index (Phi) is 5.88. The first-order valence-corrected chi connectivity index (χ1v) is 11.5. The number of furan rings is 1. The Morgan fingerprint density at radius 1 is 0.914 bits per heavy atom. The number of rotatable bonds is 6. The van der Waals surface area contributed by atoms with Gasteiger partial charge in [-0.3, -0.25) is 4.79 Å². The largest absolute Gasteiger partial charge is 0.493 e. The van der Waals surface area contributed by atoms with Crippen LogP contribution in [-0.2, 0) is 24.1 Å². The van der Waals surface area contributed by atoms with Gasteiger partial charge in [-0.1, -0.05) is 0 Å². The molecule has 1 amide bonds. The molecule has 0 bridgehead atoms. The van der Waals surface area contributed by atoms with E-state index >= 15 is 0 Å². The number of hydrogen-bond acceptors (Lipinski definition) is 7. The van der Waals surface area contributed by atoms with Crippen molar-refractivity contribution in [2.45, 2.75) is 39.0 Å². The topological polar surface area (TPSA) is 100 Å². The van der Waals surface area contributed by atoms with Crippen LogP contribution in [0.1, 0.15) is 35.3 Å². The van der Waals surface area contributed by atoms with Gasteiger partial charge >= 0.3 is 5.63 Å². The molecule has 1 aliphatic carbocycles. The Morgan fingerprint density at radius 3 is 2.29 bits per heavy atom. The van der Waals surface area contributed by atoms with Gasteiger partial charge in [-0.2, -0.15) is 0 Å². The van der Waals surface area contributed by atoms with Crippen LogP contribution in [0, 0.1) is 6.92 Å². The highest BCUT2D eigenvalue weighted by Crippen LogP contribution is 2.40. The zero-order chi connectivity index (χ0) is 24.7. The van der Waals surface area contributed by atoms with Gasteiger partial charge in [0.25, 0.3) is 0 Å². The lowest BCUT2D eigenvalue weighted by atomic mass is 9.94. The SMILES string of the molecule is COc1cc(NC(=O)Cc2c(C)c3cc4c5c(oc4cc3oc2=O)CCCC5)cc(OC)c1OC. The molecule has 1 aliphatic rings. The molecule has 2 heterocycles. The van der Waals surface area contributed by atoms with Crippen LogP contribution in [0.3, 0.4) is 0 Å². The summed E-state index contributed by atoms with van der Waals surface area (Å²) in [5, 5.41) is 4.67. The maximum Gasteiger partial charge on any atom is 0.340 e. The van der Waals surface area contributed by atoms with E-state index in [2.05, 4.69) is 5.32 Å². The Balaban J connectivity index is 1.48. The van der Waals surface area contributed by atoms with Crippen LogP contribution in [0.4, 0.5) is 5.69 Å². The van der Waals surface area contributed by atoms with E-state index in [-0.39, 0.29) is 12.3 Å². The molecule has 0 unspecified atom stereocenters. The van der Waals surface area contributed by atoms with Crippen molar-refractivity contribution in [1.29, 1.82) is 0 Å². The molecule has 8 nitrogen and oxygen atoms in total. The van der Waals surface area contributed by atoms with E-state index in [1.54, 1.807) is 18.2 Å². The minimum Gasteiger partial charge on any atom is -0.493 e. The maximum absolute atomic E-state index is 12.9. The molecule has 35 heavy (non-hydrogen) atoms. The number of carbonyl (C=O) groups is 1. The first-order chi connectivity index (χ1) is 16.9. The third-order valence-corrected chi connectivity index (χ3v) is 6.65. The summed E-state index contributed by atoms with van der Waals surface area (Å²) in [7, 11) is 4.51. The molecular weight excluding hydrogens is 450 g/mol. The molecule has 0 atom stereocenters. The van der Waals surface area contributed by atoms with Crippen LogP contribution in [0.5, 0.6) is 17.2 Å². The van der Waals surface area contributed by atoms with Gasteiger partial charge in [-0.15, -0.1) is 0 Å². The summed E-state index contributed by atoms with van der Waals surface area (Å²) in [5.41, 5.74) is 3.40. The number of aryl methyl sites for hydroxylation is 3. The summed E-state index contributed by atoms with van der Waals surface area (Å²) in [5.74, 6) is 1.90. The molecule has 0 saturated heterocycles. The van der Waals surface area contributed by atoms with Gasteiger partial charge < -0.3 is 28.4 Å². The van der Waals surface area contributed by atoms with Crippen molar-refractivity contribution in [3.05, 3.63) is 57.1 Å². The molecule has 2 aromatic heterocycles. The van der Waals surface area contributed by atoms with Crippen molar-refractivity contribution in [2.75, 3.05) is 26.6 Å². The van der Waals surface area contributed by atoms with E-state index in [4.69, 9.17) is 23.0 Å². The number of carbonyl (C=O) groups excluding carboxylic acids is 1. The van der Waals surface area contributed by atoms with Gasteiger partial charge in [0.05, 0.1) is 33.3 Å². The molecule has 0 spiro atoms. The van der Waals surface area contributed by atoms with Gasteiger partial charge in [0, 0.05) is 46.6 Å². The summed E-state index contributed by atoms with van der Waals surface area (Å²) in [4.78, 5) is 25.7. The Morgan fingerprint density at radius 2 is 1.60 bits per heavy atom. The maximum atomic E-state index is 12.9. The highest BCUT2D eigenvalue weighted by atomic mass is 16.5. The molecule has 5 rings (SSSR count). The first-order valence-electron chi connectivity index (χ1n) is 11.5. The van der Waals surface area contributed by atoms with E-state index < -0.39 is 5.63 Å². The average Bonchev–Trinajstić information content (AvgIpc) is 3.22. The number of methoxy groups -OCH3 is 3. The minimum absolute atomic E-state index is 0.137. The second-order valence-corrected chi connectivity index (χ2v) is 8.69. The van der Waals surface area contributed by atoms with Gasteiger partial charge in [0.15, 0.2) is 11.5 Å². The zero-order valence-electron chi connectivity index (χ0n) is 20.2. The number of anilines is 1. The van der Waals surface area contributed by atoms with E-state index in [1.165, 1.54) is 26.9 Å². The highest BCUT2D eigenvalue weighted by molar-refractivity contribution is 5.98. The molecule has 0 fully saturated rings. The third-order valence-electron chi connectivity index (χ3n) is 6.65. The number of benzene rings is 2. The molecule has 182 valence electrons. The van der Waals surface area contributed by atoms with Gasteiger partial charge in [-0.25, -0.2) is 4.79 Å². The standard InChI is InChI=1S/C27H27NO7/c1-14-17-11-19-16-7-5-6-8-20(16)34-22(19)13-21(17)35-27(30)18(14)12-25(29)28-15-9-23(31-2)26(33-4)24(10-15)32-3/h9-11,13H,5-8,12H2,1-4H3,(H,28,29). The van der Waals surface area contributed by atoms with Gasteiger partial charge in [0.1, 0.15) is 16.9 Å². The number of hydrogen-bond donors (Lipinski definition) is 1. The number of ether oxygens (including phenoxy) is 3. The second-order valence-electron chi connectivity index (χ2n) is 8.69. The highest BCUT2D eigenvalue weighted by Gasteiger charge is 2.22. The monoisotopic (exact) mass is 477 g/mol. The molecular formula is C27H27NO7. The minimum atomic E-state index is -0.536. The van der Waals surface area contributed by atoms with Crippen molar-refractivity contribution >= 4 is 33.5 Å². The third kappa shape index (κ3) is 3.99. The lowest BCUT2D eigenvalue weighted by molar-refractivity contribution is -0.115. The van der Waals surface area contributed by atoms with Crippen LogP contribution in [0.25, 0.3) is 21.9 Å². The number of nitrogens with one attached hydrogen (secondary N) is 1. The van der Waals surface area contributed by atoms with Crippen LogP contribution in [-0.4, -0.2) is 27.2 Å². The van der Waals surface area contributed by atoms with Crippen molar-refractivity contribution < 1.29 is 27.8 Å². The lowest BCUT2D eigenvalue weighted by Gasteiger charge is -2.15. The van der Waals surface area contributed by atoms with Crippen LogP contribution in [0.15, 0.2) is 37.9 Å². The number of fused-ring (bicyclic) bond motifs is 4. The second kappa shape index (κ2) is 9.02. The van der Waals surface area contributed by atoms with Crippen LogP contribution in [0.2, 0.25) is 0 Å². The fourth-order valence-corrected chi connectivity index (χ4v) is 4.87. The Labute approximate surface area is 201 Å². The van der Waals surface area contributed by atoms with E-state index in [9.17, 15) is 9.59 Å². The molecule has 1 N–H and O–H groups in total. The normalized spacial score (nSPS) is 13.0. The summed E-state index contributed by atoms with van der Waals surface area (Å²) in [6, 6.07) is 7.08. The lowest BCUT2D eigenvalue weighted by Crippen LogP contribution is -2.20. The van der Waals surface area contributed by atoms with Crippen molar-refractivity contribution in [1.82, 2.24) is 0 Å². The Hall–Kier alpha value is -3.94. The molecule has 0 aliphatic heterocycles.